The number of carbonyl (C=O) groups is 2. The maximum atomic E-state index is 12.1. The lowest BCUT2D eigenvalue weighted by molar-refractivity contribution is -0.138. The Kier molecular flexibility index (Phi) is 6.84. The molecule has 5 heteroatoms. The van der Waals surface area contributed by atoms with Crippen LogP contribution in [-0.4, -0.2) is 36.3 Å². The van der Waals surface area contributed by atoms with Crippen LogP contribution in [0.4, 0.5) is 0 Å². The van der Waals surface area contributed by atoms with Gasteiger partial charge in [0, 0.05) is 19.0 Å². The van der Waals surface area contributed by atoms with Gasteiger partial charge in [-0.2, -0.15) is 0 Å². The molecule has 1 unspecified atom stereocenters. The number of carbonyl (C=O) groups excluding carboxylic acids is 2. The average molecular weight is 269 g/mol. The zero-order valence-electron chi connectivity index (χ0n) is 11.9. The van der Waals surface area contributed by atoms with Crippen molar-refractivity contribution in [1.29, 1.82) is 0 Å². The smallest absolute Gasteiger partial charge is 0.237 e. The molecule has 19 heavy (non-hydrogen) atoms. The molecule has 0 spiro atoms. The van der Waals surface area contributed by atoms with Gasteiger partial charge >= 0.3 is 0 Å². The first kappa shape index (κ1) is 16.0. The van der Waals surface area contributed by atoms with E-state index >= 15 is 0 Å². The summed E-state index contributed by atoms with van der Waals surface area (Å²) in [7, 11) is 0. The van der Waals surface area contributed by atoms with Crippen LogP contribution in [0.3, 0.4) is 0 Å². The van der Waals surface area contributed by atoms with Crippen LogP contribution in [0.15, 0.2) is 0 Å². The SMILES string of the molecule is CC(CN)C(=O)N(CCC1CCCCC1)CC(N)=O. The van der Waals surface area contributed by atoms with E-state index < -0.39 is 5.91 Å². The van der Waals surface area contributed by atoms with Gasteiger partial charge in [-0.25, -0.2) is 0 Å². The quantitative estimate of drug-likeness (QED) is 0.718. The van der Waals surface area contributed by atoms with Crippen LogP contribution in [0.25, 0.3) is 0 Å². The molecule has 4 N–H and O–H groups in total. The molecule has 1 aliphatic carbocycles. The molecule has 1 rings (SSSR count). The van der Waals surface area contributed by atoms with Crippen LogP contribution in [0.1, 0.15) is 45.4 Å². The van der Waals surface area contributed by atoms with Gasteiger partial charge in [0.05, 0.1) is 6.54 Å². The molecule has 0 bridgehead atoms. The van der Waals surface area contributed by atoms with Gasteiger partial charge in [0.2, 0.25) is 11.8 Å². The zero-order valence-corrected chi connectivity index (χ0v) is 11.9. The Morgan fingerprint density at radius 1 is 1.26 bits per heavy atom. The summed E-state index contributed by atoms with van der Waals surface area (Å²) in [4.78, 5) is 24.8. The van der Waals surface area contributed by atoms with Crippen molar-refractivity contribution < 1.29 is 9.59 Å². The van der Waals surface area contributed by atoms with Crippen LogP contribution in [0.2, 0.25) is 0 Å². The van der Waals surface area contributed by atoms with Crippen molar-refractivity contribution in [2.75, 3.05) is 19.6 Å². The van der Waals surface area contributed by atoms with Crippen molar-refractivity contribution in [2.45, 2.75) is 45.4 Å². The van der Waals surface area contributed by atoms with E-state index in [0.29, 0.717) is 19.0 Å². The third-order valence-corrected chi connectivity index (χ3v) is 3.97. The summed E-state index contributed by atoms with van der Waals surface area (Å²) in [5.41, 5.74) is 10.7. The number of hydrogen-bond donors (Lipinski definition) is 2. The van der Waals surface area contributed by atoms with E-state index in [1.54, 1.807) is 11.8 Å². The lowest BCUT2D eigenvalue weighted by Crippen LogP contribution is -2.43. The lowest BCUT2D eigenvalue weighted by Gasteiger charge is -2.28. The van der Waals surface area contributed by atoms with Gasteiger partial charge in [0.25, 0.3) is 0 Å². The Hall–Kier alpha value is -1.10. The molecule has 0 aromatic rings. The van der Waals surface area contributed by atoms with Gasteiger partial charge in [-0.15, -0.1) is 0 Å². The molecule has 2 amide bonds. The number of hydrogen-bond acceptors (Lipinski definition) is 3. The molecule has 1 atom stereocenters. The Morgan fingerprint density at radius 3 is 2.42 bits per heavy atom. The first-order valence-corrected chi connectivity index (χ1v) is 7.31. The van der Waals surface area contributed by atoms with Gasteiger partial charge in [-0.05, 0) is 12.3 Å². The predicted octanol–water partition coefficient (Wildman–Crippen LogP) is 0.866. The summed E-state index contributed by atoms with van der Waals surface area (Å²) in [6.45, 7) is 2.72. The summed E-state index contributed by atoms with van der Waals surface area (Å²) in [5, 5.41) is 0. The highest BCUT2D eigenvalue weighted by atomic mass is 16.2. The summed E-state index contributed by atoms with van der Waals surface area (Å²) in [6.07, 6.45) is 7.35. The van der Waals surface area contributed by atoms with E-state index in [4.69, 9.17) is 11.5 Å². The first-order valence-electron chi connectivity index (χ1n) is 7.31. The molecule has 110 valence electrons. The number of primary amides is 1. The number of nitrogens with zero attached hydrogens (tertiary/aromatic N) is 1. The van der Waals surface area contributed by atoms with E-state index in [1.807, 2.05) is 0 Å². The van der Waals surface area contributed by atoms with Crippen LogP contribution in [-0.2, 0) is 9.59 Å². The Labute approximate surface area is 115 Å². The van der Waals surface area contributed by atoms with E-state index in [0.717, 1.165) is 6.42 Å². The molecular weight excluding hydrogens is 242 g/mol. The van der Waals surface area contributed by atoms with Crippen molar-refractivity contribution >= 4 is 11.8 Å². The number of rotatable bonds is 7. The fraction of sp³-hybridized carbons (Fsp3) is 0.857. The molecule has 1 saturated carbocycles. The third kappa shape index (κ3) is 5.59. The topological polar surface area (TPSA) is 89.4 Å². The molecule has 0 heterocycles. The Morgan fingerprint density at radius 2 is 1.89 bits per heavy atom. The molecule has 0 aromatic heterocycles. The van der Waals surface area contributed by atoms with E-state index in [9.17, 15) is 9.59 Å². The fourth-order valence-electron chi connectivity index (χ4n) is 2.68. The largest absolute Gasteiger partial charge is 0.368 e. The number of nitrogens with two attached hydrogens (primary N) is 2. The molecule has 0 aliphatic heterocycles. The van der Waals surface area contributed by atoms with Gasteiger partial charge in [0.15, 0.2) is 0 Å². The number of amides is 2. The molecule has 5 nitrogen and oxygen atoms in total. The van der Waals surface area contributed by atoms with Crippen molar-refractivity contribution in [3.8, 4) is 0 Å². The minimum Gasteiger partial charge on any atom is -0.368 e. The molecule has 0 saturated heterocycles. The van der Waals surface area contributed by atoms with Crippen LogP contribution in [0, 0.1) is 11.8 Å². The van der Waals surface area contributed by atoms with Crippen LogP contribution >= 0.6 is 0 Å². The van der Waals surface area contributed by atoms with Gasteiger partial charge < -0.3 is 16.4 Å². The Bertz CT molecular complexity index is 301. The predicted molar refractivity (Wildman–Crippen MR) is 75.2 cm³/mol. The standard InChI is InChI=1S/C14H27N3O2/c1-11(9-15)14(19)17(10-13(16)18)8-7-12-5-3-2-4-6-12/h11-12H,2-10,15H2,1H3,(H2,16,18). The second-order valence-electron chi connectivity index (χ2n) is 5.66. The van der Waals surface area contributed by atoms with E-state index in [1.165, 1.54) is 32.1 Å². The maximum absolute atomic E-state index is 12.1. The summed E-state index contributed by atoms with van der Waals surface area (Å²) >= 11 is 0. The second-order valence-corrected chi connectivity index (χ2v) is 5.66. The van der Waals surface area contributed by atoms with Crippen molar-refractivity contribution in [3.05, 3.63) is 0 Å². The second kappa shape index (κ2) is 8.15. The van der Waals surface area contributed by atoms with Crippen LogP contribution in [0.5, 0.6) is 0 Å². The van der Waals surface area contributed by atoms with E-state index in [2.05, 4.69) is 0 Å². The highest BCUT2D eigenvalue weighted by Gasteiger charge is 2.22. The van der Waals surface area contributed by atoms with Crippen molar-refractivity contribution in [2.24, 2.45) is 23.3 Å². The Balaban J connectivity index is 2.48. The molecule has 1 fully saturated rings. The van der Waals surface area contributed by atoms with E-state index in [-0.39, 0.29) is 18.4 Å². The summed E-state index contributed by atoms with van der Waals surface area (Å²) in [6, 6.07) is 0. The van der Waals surface area contributed by atoms with Crippen molar-refractivity contribution in [3.63, 3.8) is 0 Å². The molecular formula is C14H27N3O2. The van der Waals surface area contributed by atoms with Gasteiger partial charge in [0.1, 0.15) is 0 Å². The lowest BCUT2D eigenvalue weighted by atomic mass is 9.87. The van der Waals surface area contributed by atoms with Gasteiger partial charge in [-0.3, -0.25) is 9.59 Å². The fourth-order valence-corrected chi connectivity index (χ4v) is 2.68. The highest BCUT2D eigenvalue weighted by molar-refractivity contribution is 5.85. The molecule has 0 aromatic carbocycles. The molecule has 0 radical (unpaired) electrons. The monoisotopic (exact) mass is 269 g/mol. The van der Waals surface area contributed by atoms with Crippen molar-refractivity contribution in [1.82, 2.24) is 4.90 Å². The minimum absolute atomic E-state index is 0.00981. The van der Waals surface area contributed by atoms with Crippen LogP contribution < -0.4 is 11.5 Å². The minimum atomic E-state index is -0.457. The van der Waals surface area contributed by atoms with Gasteiger partial charge in [-0.1, -0.05) is 39.0 Å². The third-order valence-electron chi connectivity index (χ3n) is 3.97. The maximum Gasteiger partial charge on any atom is 0.237 e. The highest BCUT2D eigenvalue weighted by Crippen LogP contribution is 2.26. The summed E-state index contributed by atoms with van der Waals surface area (Å²) in [5.74, 6) is -0.0749. The average Bonchev–Trinajstić information content (AvgIpc) is 2.42. The normalized spacial score (nSPS) is 18.0. The first-order chi connectivity index (χ1) is 9.04. The zero-order chi connectivity index (χ0) is 14.3. The summed E-state index contributed by atoms with van der Waals surface area (Å²) < 4.78 is 0. The molecule has 1 aliphatic rings.